The first kappa shape index (κ1) is 17.6. The van der Waals surface area contributed by atoms with Crippen LogP contribution < -0.4 is 17.3 Å². The van der Waals surface area contributed by atoms with E-state index in [4.69, 9.17) is 34.8 Å². The predicted molar refractivity (Wildman–Crippen MR) is 84.4 cm³/mol. The number of fused-ring (bicyclic) bond motifs is 1. The number of quaternary nitrogens is 1. The minimum atomic E-state index is -0.458. The summed E-state index contributed by atoms with van der Waals surface area (Å²) in [5.74, 6) is -0.878. The van der Waals surface area contributed by atoms with E-state index in [9.17, 15) is 9.59 Å². The maximum Gasteiger partial charge on any atom is 0.359 e. The van der Waals surface area contributed by atoms with Crippen LogP contribution in [0, 0.1) is 0 Å². The lowest BCUT2D eigenvalue weighted by atomic mass is 10.1. The monoisotopic (exact) mass is 393 g/mol. The molecule has 1 atom stereocenters. The van der Waals surface area contributed by atoms with E-state index in [2.05, 4.69) is 12.6 Å². The molecule has 3 nitrogen and oxygen atoms in total. The van der Waals surface area contributed by atoms with E-state index < -0.39 is 11.8 Å². The topological polar surface area (TPSA) is 38.6 Å². The smallest absolute Gasteiger partial charge is 0.359 e. The standard InChI is InChI=1S/C14H6Cl3NO2S.ClH/c15-7-5-6-10(12(17)11(7)16)14(20)18(13(6)19)8-3-1-2-4-9(8)21;/h1-5,21H;1H. The third-order valence-electron chi connectivity index (χ3n) is 3.26. The molecule has 0 aliphatic carbocycles. The second-order valence-corrected chi connectivity index (χ2v) is 6.10. The average Bonchev–Trinajstić information content (AvgIpc) is 2.69. The summed E-state index contributed by atoms with van der Waals surface area (Å²) in [6, 6.07) is 8.24. The molecule has 0 radical (unpaired) electrons. The zero-order valence-electron chi connectivity index (χ0n) is 10.7. The Hall–Kier alpha value is -0.750. The van der Waals surface area contributed by atoms with Gasteiger partial charge in [-0.15, -0.1) is 12.6 Å². The van der Waals surface area contributed by atoms with E-state index in [0.29, 0.717) is 10.6 Å². The van der Waals surface area contributed by atoms with E-state index in [-0.39, 0.29) is 43.5 Å². The lowest BCUT2D eigenvalue weighted by Gasteiger charge is -2.08. The average molecular weight is 395 g/mol. The maximum atomic E-state index is 12.6. The molecule has 0 bridgehead atoms. The Labute approximate surface area is 153 Å². The van der Waals surface area contributed by atoms with E-state index in [1.54, 1.807) is 24.3 Å². The molecule has 0 fully saturated rings. The molecular formula is C14H7Cl4NO2S. The highest BCUT2D eigenvalue weighted by Gasteiger charge is 2.46. The van der Waals surface area contributed by atoms with Gasteiger partial charge in [-0.05, 0) is 12.1 Å². The van der Waals surface area contributed by atoms with Crippen molar-refractivity contribution >= 4 is 64.9 Å². The fraction of sp³-hybridized carbons (Fsp3) is 0. The van der Waals surface area contributed by atoms with Gasteiger partial charge in [0.2, 0.25) is 0 Å². The molecule has 2 aromatic carbocycles. The number of benzene rings is 2. The Balaban J connectivity index is 0.00000176. The Bertz CT molecular complexity index is 810. The van der Waals surface area contributed by atoms with Gasteiger partial charge in [0.15, 0.2) is 5.69 Å². The number of halogens is 4. The van der Waals surface area contributed by atoms with Crippen molar-refractivity contribution in [1.29, 1.82) is 0 Å². The number of nitrogens with one attached hydrogen (secondary N) is 1. The number of amides is 2. The first-order chi connectivity index (χ1) is 9.93. The third-order valence-corrected chi connectivity index (χ3v) is 4.91. The molecule has 0 saturated heterocycles. The van der Waals surface area contributed by atoms with Crippen LogP contribution in [0.15, 0.2) is 35.2 Å². The summed E-state index contributed by atoms with van der Waals surface area (Å²) in [6.07, 6.45) is 0. The van der Waals surface area contributed by atoms with Crippen molar-refractivity contribution in [1.82, 2.24) is 0 Å². The van der Waals surface area contributed by atoms with Gasteiger partial charge in [-0.3, -0.25) is 0 Å². The summed E-state index contributed by atoms with van der Waals surface area (Å²) in [6.45, 7) is 0. The van der Waals surface area contributed by atoms with Crippen LogP contribution in [0.1, 0.15) is 20.7 Å². The van der Waals surface area contributed by atoms with Crippen LogP contribution in [-0.2, 0) is 0 Å². The van der Waals surface area contributed by atoms with Gasteiger partial charge in [0.05, 0.1) is 20.0 Å². The summed E-state index contributed by atoms with van der Waals surface area (Å²) >= 11 is 22.2. The maximum absolute atomic E-state index is 12.6. The van der Waals surface area contributed by atoms with Crippen LogP contribution in [0.25, 0.3) is 0 Å². The van der Waals surface area contributed by atoms with Crippen LogP contribution in [0.2, 0.25) is 15.1 Å². The van der Waals surface area contributed by atoms with Gasteiger partial charge in [0, 0.05) is 6.07 Å². The van der Waals surface area contributed by atoms with Crippen molar-refractivity contribution in [2.75, 3.05) is 0 Å². The summed E-state index contributed by atoms with van der Waals surface area (Å²) in [7, 11) is 0. The molecule has 114 valence electrons. The van der Waals surface area contributed by atoms with Gasteiger partial charge < -0.3 is 12.4 Å². The highest BCUT2D eigenvalue weighted by Crippen LogP contribution is 2.36. The van der Waals surface area contributed by atoms with E-state index in [1.807, 2.05) is 0 Å². The van der Waals surface area contributed by atoms with Crippen molar-refractivity contribution in [3.8, 4) is 0 Å². The number of para-hydroxylation sites is 1. The molecule has 2 aromatic rings. The zero-order valence-corrected chi connectivity index (χ0v) is 14.6. The molecule has 8 heteroatoms. The largest absolute Gasteiger partial charge is 1.00 e. The zero-order chi connectivity index (χ0) is 15.3. The highest BCUT2D eigenvalue weighted by atomic mass is 35.5. The highest BCUT2D eigenvalue weighted by molar-refractivity contribution is 7.80. The molecule has 1 heterocycles. The van der Waals surface area contributed by atoms with Crippen molar-refractivity contribution < 1.29 is 26.9 Å². The predicted octanol–water partition coefficient (Wildman–Crippen LogP) is 0.450. The lowest BCUT2D eigenvalue weighted by Crippen LogP contribution is -3.10. The van der Waals surface area contributed by atoms with E-state index in [0.717, 1.165) is 0 Å². The second-order valence-electron chi connectivity index (χ2n) is 4.46. The van der Waals surface area contributed by atoms with Gasteiger partial charge in [-0.2, -0.15) is 4.90 Å². The minimum absolute atomic E-state index is 0. The van der Waals surface area contributed by atoms with Crippen LogP contribution in [0.3, 0.4) is 0 Å². The number of imide groups is 1. The van der Waals surface area contributed by atoms with E-state index in [1.165, 1.54) is 6.07 Å². The summed E-state index contributed by atoms with van der Waals surface area (Å²) in [5, 5.41) is 0.213. The molecule has 2 amide bonds. The van der Waals surface area contributed by atoms with Gasteiger partial charge in [-0.25, -0.2) is 9.59 Å². The summed E-state index contributed by atoms with van der Waals surface area (Å²) in [4.78, 5) is 25.7. The minimum Gasteiger partial charge on any atom is -1.00 e. The van der Waals surface area contributed by atoms with Crippen molar-refractivity contribution in [3.05, 3.63) is 56.5 Å². The number of hydrogen-bond acceptors (Lipinski definition) is 3. The number of rotatable bonds is 1. The Morgan fingerprint density at radius 1 is 0.955 bits per heavy atom. The number of thiol groups is 1. The van der Waals surface area contributed by atoms with Crippen LogP contribution in [0.4, 0.5) is 5.69 Å². The van der Waals surface area contributed by atoms with Gasteiger partial charge in [0.25, 0.3) is 0 Å². The van der Waals surface area contributed by atoms with Crippen LogP contribution in [-0.4, -0.2) is 11.8 Å². The Kier molecular flexibility index (Phi) is 5.12. The van der Waals surface area contributed by atoms with Gasteiger partial charge in [-0.1, -0.05) is 46.9 Å². The van der Waals surface area contributed by atoms with Crippen LogP contribution >= 0.6 is 47.4 Å². The molecule has 0 saturated carbocycles. The van der Waals surface area contributed by atoms with Crippen molar-refractivity contribution in [2.24, 2.45) is 0 Å². The van der Waals surface area contributed by atoms with Gasteiger partial charge in [0.1, 0.15) is 11.1 Å². The summed E-state index contributed by atoms with van der Waals surface area (Å²) < 4.78 is 0. The number of carbonyl (C=O) groups excluding carboxylic acids is 2. The molecule has 22 heavy (non-hydrogen) atoms. The summed E-state index contributed by atoms with van der Waals surface area (Å²) in [5.41, 5.74) is 0.740. The lowest BCUT2D eigenvalue weighted by molar-refractivity contribution is -0.642. The van der Waals surface area contributed by atoms with Gasteiger partial charge >= 0.3 is 11.8 Å². The molecule has 0 aromatic heterocycles. The first-order valence-electron chi connectivity index (χ1n) is 5.85. The molecule has 0 spiro atoms. The molecule has 1 N–H and O–H groups in total. The Morgan fingerprint density at radius 3 is 2.23 bits per heavy atom. The normalized spacial score (nSPS) is 16.5. The molecule has 3 rings (SSSR count). The Morgan fingerprint density at radius 2 is 1.59 bits per heavy atom. The van der Waals surface area contributed by atoms with Crippen molar-refractivity contribution in [2.45, 2.75) is 4.90 Å². The third kappa shape index (κ3) is 2.54. The second kappa shape index (κ2) is 6.40. The molecular weight excluding hydrogens is 388 g/mol. The fourth-order valence-electron chi connectivity index (χ4n) is 2.29. The SMILES string of the molecule is O=C1c2cc(Cl)c(Cl)c(Cl)c2C(=O)[NH+]1c1ccccc1S.[Cl-]. The number of hydrogen-bond donors (Lipinski definition) is 2. The van der Waals surface area contributed by atoms with E-state index >= 15 is 0 Å². The van der Waals surface area contributed by atoms with Crippen molar-refractivity contribution in [3.63, 3.8) is 0 Å². The molecule has 1 aliphatic heterocycles. The fourth-order valence-corrected chi connectivity index (χ4v) is 3.25. The quantitative estimate of drug-likeness (QED) is 0.418. The first-order valence-corrected chi connectivity index (χ1v) is 7.43. The molecule has 1 aliphatic rings. The van der Waals surface area contributed by atoms with Crippen LogP contribution in [0.5, 0.6) is 0 Å². The molecule has 1 unspecified atom stereocenters. The number of carbonyl (C=O) groups is 2.